The molecular formula is C11H16BrF3N4O2. The van der Waals surface area contributed by atoms with Crippen LogP contribution in [-0.2, 0) is 11.3 Å². The van der Waals surface area contributed by atoms with E-state index in [0.29, 0.717) is 36.6 Å². The molecule has 0 aliphatic heterocycles. The van der Waals surface area contributed by atoms with Gasteiger partial charge in [-0.05, 0) is 15.9 Å². The number of methoxy groups -OCH3 is 1. The number of nitrogens with zero attached hydrogens (tertiary/aromatic N) is 2. The van der Waals surface area contributed by atoms with Crippen LogP contribution in [0.15, 0.2) is 15.5 Å². The van der Waals surface area contributed by atoms with Gasteiger partial charge < -0.3 is 15.4 Å². The molecule has 10 heteroatoms. The zero-order valence-corrected chi connectivity index (χ0v) is 12.9. The van der Waals surface area contributed by atoms with Crippen molar-refractivity contribution in [3.8, 4) is 0 Å². The van der Waals surface area contributed by atoms with Gasteiger partial charge in [-0.2, -0.15) is 18.3 Å². The summed E-state index contributed by atoms with van der Waals surface area (Å²) in [6, 6.07) is 0. The Kier molecular flexibility index (Phi) is 7.12. The van der Waals surface area contributed by atoms with E-state index in [-0.39, 0.29) is 4.47 Å². The maximum Gasteiger partial charge on any atom is 0.408 e. The van der Waals surface area contributed by atoms with Gasteiger partial charge >= 0.3 is 6.18 Å². The maximum absolute atomic E-state index is 12.3. The monoisotopic (exact) mass is 372 g/mol. The van der Waals surface area contributed by atoms with Crippen molar-refractivity contribution in [2.45, 2.75) is 12.7 Å². The van der Waals surface area contributed by atoms with Crippen molar-refractivity contribution in [2.24, 2.45) is 0 Å². The lowest BCUT2D eigenvalue weighted by Crippen LogP contribution is -2.31. The lowest BCUT2D eigenvalue weighted by molar-refractivity contribution is -0.143. The summed E-state index contributed by atoms with van der Waals surface area (Å²) in [6.07, 6.45) is -3.30. The first-order chi connectivity index (χ1) is 9.85. The fourth-order valence-electron chi connectivity index (χ4n) is 1.46. The molecule has 1 aromatic rings. The number of anilines is 1. The highest BCUT2D eigenvalue weighted by Crippen LogP contribution is 2.19. The Morgan fingerprint density at radius 2 is 2.10 bits per heavy atom. The van der Waals surface area contributed by atoms with E-state index >= 15 is 0 Å². The predicted molar refractivity (Wildman–Crippen MR) is 75.5 cm³/mol. The van der Waals surface area contributed by atoms with Gasteiger partial charge in [0.25, 0.3) is 5.56 Å². The Balaban J connectivity index is 2.57. The molecule has 120 valence electrons. The van der Waals surface area contributed by atoms with Crippen LogP contribution in [0.3, 0.4) is 0 Å². The summed E-state index contributed by atoms with van der Waals surface area (Å²) in [5.74, 6) is 0. The van der Waals surface area contributed by atoms with Gasteiger partial charge in [-0.1, -0.05) is 0 Å². The lowest BCUT2D eigenvalue weighted by Gasteiger charge is -2.12. The first-order valence-electron chi connectivity index (χ1n) is 6.11. The average molecular weight is 373 g/mol. The maximum atomic E-state index is 12.3. The molecule has 2 N–H and O–H groups in total. The molecule has 0 saturated heterocycles. The zero-order valence-electron chi connectivity index (χ0n) is 11.3. The van der Waals surface area contributed by atoms with Crippen molar-refractivity contribution >= 4 is 21.6 Å². The number of hydrogen-bond acceptors (Lipinski definition) is 5. The number of alkyl halides is 3. The second-order valence-electron chi connectivity index (χ2n) is 4.12. The zero-order chi connectivity index (χ0) is 15.9. The minimum Gasteiger partial charge on any atom is -0.383 e. The van der Waals surface area contributed by atoms with Crippen molar-refractivity contribution in [3.63, 3.8) is 0 Å². The van der Waals surface area contributed by atoms with Gasteiger partial charge in [0, 0.05) is 26.7 Å². The van der Waals surface area contributed by atoms with Crippen molar-refractivity contribution in [1.82, 2.24) is 15.1 Å². The van der Waals surface area contributed by atoms with Crippen LogP contribution in [0.4, 0.5) is 18.9 Å². The molecule has 6 nitrogen and oxygen atoms in total. The molecule has 1 rings (SSSR count). The van der Waals surface area contributed by atoms with Crippen LogP contribution >= 0.6 is 15.9 Å². The highest BCUT2D eigenvalue weighted by molar-refractivity contribution is 9.10. The molecule has 0 bridgehead atoms. The smallest absolute Gasteiger partial charge is 0.383 e. The largest absolute Gasteiger partial charge is 0.408 e. The molecule has 1 heterocycles. The van der Waals surface area contributed by atoms with E-state index in [0.717, 1.165) is 0 Å². The molecule has 0 aliphatic rings. The summed E-state index contributed by atoms with van der Waals surface area (Å²) >= 11 is 2.99. The topological polar surface area (TPSA) is 68.2 Å². The first kappa shape index (κ1) is 17.9. The predicted octanol–water partition coefficient (Wildman–Crippen LogP) is 1.22. The highest BCUT2D eigenvalue weighted by Gasteiger charge is 2.29. The summed E-state index contributed by atoms with van der Waals surface area (Å²) in [6.45, 7) is 0.959. The van der Waals surface area contributed by atoms with Gasteiger partial charge in [-0.3, -0.25) is 4.79 Å². The van der Waals surface area contributed by atoms with E-state index < -0.39 is 18.3 Å². The molecule has 0 unspecified atom stereocenters. The first-order valence-corrected chi connectivity index (χ1v) is 6.90. The van der Waals surface area contributed by atoms with E-state index in [1.54, 1.807) is 7.11 Å². The van der Waals surface area contributed by atoms with E-state index in [4.69, 9.17) is 4.74 Å². The molecule has 0 amide bonds. The van der Waals surface area contributed by atoms with Gasteiger partial charge in [-0.25, -0.2) is 4.68 Å². The highest BCUT2D eigenvalue weighted by atomic mass is 79.9. The van der Waals surface area contributed by atoms with Gasteiger partial charge in [0.1, 0.15) is 11.0 Å². The van der Waals surface area contributed by atoms with Gasteiger partial charge in [-0.15, -0.1) is 0 Å². The summed E-state index contributed by atoms with van der Waals surface area (Å²) < 4.78 is 42.0. The van der Waals surface area contributed by atoms with Gasteiger partial charge in [0.05, 0.1) is 18.5 Å². The van der Waals surface area contributed by atoms with Crippen molar-refractivity contribution in [2.75, 3.05) is 38.7 Å². The number of rotatable bonds is 8. The van der Waals surface area contributed by atoms with Crippen LogP contribution in [0.1, 0.15) is 0 Å². The summed E-state index contributed by atoms with van der Waals surface area (Å²) in [7, 11) is 1.60. The second kappa shape index (κ2) is 8.35. The third kappa shape index (κ3) is 6.44. The van der Waals surface area contributed by atoms with Crippen LogP contribution in [0.5, 0.6) is 0 Å². The summed E-state index contributed by atoms with van der Waals surface area (Å²) in [4.78, 5) is 11.7. The number of nitrogens with one attached hydrogen (secondary N) is 2. The molecule has 0 aliphatic carbocycles. The second-order valence-corrected chi connectivity index (χ2v) is 4.91. The fraction of sp³-hybridized carbons (Fsp3) is 0.636. The van der Waals surface area contributed by atoms with E-state index in [2.05, 4.69) is 31.7 Å². The average Bonchev–Trinajstić information content (AvgIpc) is 2.40. The normalized spacial score (nSPS) is 11.7. The minimum absolute atomic E-state index is 0.0265. The Morgan fingerprint density at radius 1 is 1.38 bits per heavy atom. The molecule has 0 radical (unpaired) electrons. The number of ether oxygens (including phenoxy) is 1. The summed E-state index contributed by atoms with van der Waals surface area (Å²) in [5.41, 5.74) is -0.475. The quantitative estimate of drug-likeness (QED) is 0.671. The minimum atomic E-state index is -4.49. The molecule has 0 aromatic carbocycles. The molecule has 0 atom stereocenters. The van der Waals surface area contributed by atoms with Crippen LogP contribution in [0.2, 0.25) is 0 Å². The summed E-state index contributed by atoms with van der Waals surface area (Å²) in [5, 5.41) is 9.50. The van der Waals surface area contributed by atoms with Crippen molar-refractivity contribution in [1.29, 1.82) is 0 Å². The Hall–Kier alpha value is -1.13. The van der Waals surface area contributed by atoms with Crippen LogP contribution in [0, 0.1) is 0 Å². The lowest BCUT2D eigenvalue weighted by atomic mass is 10.4. The molecule has 1 aromatic heterocycles. The van der Waals surface area contributed by atoms with E-state index in [1.165, 1.54) is 6.20 Å². The third-order valence-electron chi connectivity index (χ3n) is 2.41. The third-order valence-corrected chi connectivity index (χ3v) is 3.18. The number of halogens is 4. The molecule has 0 spiro atoms. The standard InChI is InChI=1S/C11H16BrF3N4O2/c1-21-5-4-16-2-3-17-8-6-18-19(7-11(13,14)15)10(20)9(8)12/h6,16-17H,2-5,7H2,1H3. The Labute approximate surface area is 127 Å². The van der Waals surface area contributed by atoms with E-state index in [9.17, 15) is 18.0 Å². The van der Waals surface area contributed by atoms with Gasteiger partial charge in [0.15, 0.2) is 0 Å². The van der Waals surface area contributed by atoms with Crippen molar-refractivity contribution in [3.05, 3.63) is 21.0 Å². The van der Waals surface area contributed by atoms with Crippen LogP contribution < -0.4 is 16.2 Å². The van der Waals surface area contributed by atoms with Crippen LogP contribution in [0.25, 0.3) is 0 Å². The molecule has 21 heavy (non-hydrogen) atoms. The van der Waals surface area contributed by atoms with Gasteiger partial charge in [0.2, 0.25) is 0 Å². The number of aromatic nitrogens is 2. The molecule has 0 saturated carbocycles. The Morgan fingerprint density at radius 3 is 2.71 bits per heavy atom. The number of hydrogen-bond donors (Lipinski definition) is 2. The fourth-order valence-corrected chi connectivity index (χ4v) is 1.90. The van der Waals surface area contributed by atoms with Crippen molar-refractivity contribution < 1.29 is 17.9 Å². The molecular weight excluding hydrogens is 357 g/mol. The van der Waals surface area contributed by atoms with E-state index in [1.807, 2.05) is 0 Å². The Bertz CT molecular complexity index is 507. The molecule has 0 fully saturated rings. The SMILES string of the molecule is COCCNCCNc1cnn(CC(F)(F)F)c(=O)c1Br. The van der Waals surface area contributed by atoms with Crippen LogP contribution in [-0.4, -0.2) is 49.3 Å².